The van der Waals surface area contributed by atoms with Crippen LogP contribution >= 0.6 is 11.6 Å². The lowest BCUT2D eigenvalue weighted by atomic mass is 10.0. The van der Waals surface area contributed by atoms with Crippen molar-refractivity contribution in [2.24, 2.45) is 0 Å². The van der Waals surface area contributed by atoms with Crippen molar-refractivity contribution in [3.05, 3.63) is 35.4 Å². The van der Waals surface area contributed by atoms with Crippen LogP contribution in [-0.4, -0.2) is 64.5 Å². The second kappa shape index (κ2) is 7.45. The minimum Gasteiger partial charge on any atom is -0.352 e. The predicted octanol–water partition coefficient (Wildman–Crippen LogP) is 1.02. The Morgan fingerprint density at radius 1 is 1.15 bits per heavy atom. The van der Waals surface area contributed by atoms with Crippen LogP contribution in [0.15, 0.2) is 24.3 Å². The summed E-state index contributed by atoms with van der Waals surface area (Å²) in [5.74, 6) is -1.44. The quantitative estimate of drug-likeness (QED) is 0.627. The molecular formula is C18H20ClN3O4. The number of carbonyl (C=O) groups excluding carboxylic acids is 4. The van der Waals surface area contributed by atoms with E-state index in [-0.39, 0.29) is 23.7 Å². The summed E-state index contributed by atoms with van der Waals surface area (Å²) in [4.78, 5) is 51.8. The van der Waals surface area contributed by atoms with Crippen molar-refractivity contribution in [3.63, 3.8) is 0 Å². The van der Waals surface area contributed by atoms with E-state index in [0.717, 1.165) is 4.90 Å². The summed E-state index contributed by atoms with van der Waals surface area (Å²) in [6, 6.07) is 5.70. The van der Waals surface area contributed by atoms with Gasteiger partial charge in [0.25, 0.3) is 11.8 Å². The van der Waals surface area contributed by atoms with Gasteiger partial charge in [-0.05, 0) is 31.9 Å². The Balaban J connectivity index is 1.64. The Bertz CT molecular complexity index is 724. The largest absolute Gasteiger partial charge is 0.352 e. The van der Waals surface area contributed by atoms with Crippen LogP contribution in [0.4, 0.5) is 0 Å². The van der Waals surface area contributed by atoms with E-state index in [0.29, 0.717) is 37.1 Å². The fourth-order valence-electron chi connectivity index (χ4n) is 3.44. The molecule has 2 aliphatic rings. The minimum absolute atomic E-state index is 0.0140. The van der Waals surface area contributed by atoms with Crippen LogP contribution in [0.3, 0.4) is 0 Å². The van der Waals surface area contributed by atoms with Gasteiger partial charge in [0.05, 0.1) is 11.1 Å². The number of piperidine rings is 1. The number of nitrogens with zero attached hydrogens (tertiary/aromatic N) is 2. The van der Waals surface area contributed by atoms with Crippen LogP contribution < -0.4 is 5.32 Å². The molecule has 8 heteroatoms. The van der Waals surface area contributed by atoms with E-state index < -0.39 is 17.9 Å². The molecule has 2 aliphatic heterocycles. The number of imide groups is 1. The van der Waals surface area contributed by atoms with Gasteiger partial charge in [-0.3, -0.25) is 24.1 Å². The molecular weight excluding hydrogens is 358 g/mol. The lowest BCUT2D eigenvalue weighted by Crippen LogP contribution is -2.53. The van der Waals surface area contributed by atoms with E-state index in [4.69, 9.17) is 11.6 Å². The van der Waals surface area contributed by atoms with Crippen LogP contribution in [0.5, 0.6) is 0 Å². The average molecular weight is 378 g/mol. The fourth-order valence-corrected chi connectivity index (χ4v) is 3.52. The SMILES string of the molecule is CC(C(=O)N1CCC(NC(=O)CCl)CC1)N1C(=O)c2ccccc2C1=O. The smallest absolute Gasteiger partial charge is 0.262 e. The number of hydrogen-bond donors (Lipinski definition) is 1. The average Bonchev–Trinajstić information content (AvgIpc) is 2.92. The molecule has 0 radical (unpaired) electrons. The second-order valence-electron chi connectivity index (χ2n) is 6.50. The Hall–Kier alpha value is -2.41. The first-order valence-corrected chi connectivity index (χ1v) is 9.08. The number of benzene rings is 1. The van der Waals surface area contributed by atoms with Crippen LogP contribution in [0, 0.1) is 0 Å². The molecule has 7 nitrogen and oxygen atoms in total. The van der Waals surface area contributed by atoms with E-state index in [1.807, 2.05) is 0 Å². The van der Waals surface area contributed by atoms with Gasteiger partial charge in [0, 0.05) is 19.1 Å². The number of amides is 4. The molecule has 0 aliphatic carbocycles. The molecule has 0 bridgehead atoms. The first-order chi connectivity index (χ1) is 12.4. The number of hydrogen-bond acceptors (Lipinski definition) is 4. The number of rotatable bonds is 4. The Kier molecular flexibility index (Phi) is 5.27. The van der Waals surface area contributed by atoms with Crippen LogP contribution in [0.1, 0.15) is 40.5 Å². The molecule has 26 heavy (non-hydrogen) atoms. The standard InChI is InChI=1S/C18H20ClN3O4/c1-11(22-17(25)13-4-2-3-5-14(13)18(22)26)16(24)21-8-6-12(7-9-21)20-15(23)10-19/h2-5,11-12H,6-10H2,1H3,(H,20,23). The summed E-state index contributed by atoms with van der Waals surface area (Å²) in [5.41, 5.74) is 0.666. The highest BCUT2D eigenvalue weighted by molar-refractivity contribution is 6.27. The van der Waals surface area contributed by atoms with Gasteiger partial charge in [-0.25, -0.2) is 0 Å². The molecule has 4 amide bonds. The third-order valence-electron chi connectivity index (χ3n) is 4.86. The molecule has 1 aromatic rings. The van der Waals surface area contributed by atoms with Gasteiger partial charge in [-0.1, -0.05) is 12.1 Å². The fraction of sp³-hybridized carbons (Fsp3) is 0.444. The van der Waals surface area contributed by atoms with Gasteiger partial charge in [0.15, 0.2) is 0 Å². The van der Waals surface area contributed by atoms with Crippen molar-refractivity contribution in [2.75, 3.05) is 19.0 Å². The van der Waals surface area contributed by atoms with Gasteiger partial charge < -0.3 is 10.2 Å². The topological polar surface area (TPSA) is 86.8 Å². The monoisotopic (exact) mass is 377 g/mol. The van der Waals surface area contributed by atoms with E-state index >= 15 is 0 Å². The highest BCUT2D eigenvalue weighted by Crippen LogP contribution is 2.25. The zero-order valence-corrected chi connectivity index (χ0v) is 15.2. The highest BCUT2D eigenvalue weighted by Gasteiger charge is 2.42. The molecule has 138 valence electrons. The van der Waals surface area contributed by atoms with Crippen molar-refractivity contribution < 1.29 is 19.2 Å². The Morgan fingerprint density at radius 2 is 1.69 bits per heavy atom. The summed E-state index contributed by atoms with van der Waals surface area (Å²) in [7, 11) is 0. The zero-order chi connectivity index (χ0) is 18.8. The van der Waals surface area contributed by atoms with Crippen molar-refractivity contribution in [2.45, 2.75) is 31.8 Å². The minimum atomic E-state index is -0.864. The summed E-state index contributed by atoms with van der Waals surface area (Å²) < 4.78 is 0. The van der Waals surface area contributed by atoms with E-state index in [9.17, 15) is 19.2 Å². The van der Waals surface area contributed by atoms with E-state index in [2.05, 4.69) is 5.32 Å². The van der Waals surface area contributed by atoms with Crippen molar-refractivity contribution >= 4 is 35.2 Å². The first kappa shape index (κ1) is 18.4. The van der Waals surface area contributed by atoms with Crippen LogP contribution in [-0.2, 0) is 9.59 Å². The molecule has 0 spiro atoms. The summed E-state index contributed by atoms with van der Waals surface area (Å²) in [6.45, 7) is 2.49. The number of nitrogens with one attached hydrogen (secondary N) is 1. The lowest BCUT2D eigenvalue weighted by molar-refractivity contribution is -0.136. The summed E-state index contributed by atoms with van der Waals surface area (Å²) in [5, 5.41) is 2.81. The van der Waals surface area contributed by atoms with Gasteiger partial charge in [0.1, 0.15) is 11.9 Å². The maximum atomic E-state index is 12.8. The highest BCUT2D eigenvalue weighted by atomic mass is 35.5. The Labute approximate surface area is 156 Å². The number of likely N-dealkylation sites (tertiary alicyclic amines) is 1. The van der Waals surface area contributed by atoms with Crippen LogP contribution in [0.25, 0.3) is 0 Å². The molecule has 1 N–H and O–H groups in total. The molecule has 0 aromatic heterocycles. The van der Waals surface area contributed by atoms with E-state index in [1.165, 1.54) is 0 Å². The van der Waals surface area contributed by atoms with Crippen LogP contribution in [0.2, 0.25) is 0 Å². The number of alkyl halides is 1. The molecule has 1 fully saturated rings. The van der Waals surface area contributed by atoms with Crippen molar-refractivity contribution in [1.29, 1.82) is 0 Å². The lowest BCUT2D eigenvalue weighted by Gasteiger charge is -2.35. The maximum Gasteiger partial charge on any atom is 0.262 e. The molecule has 3 rings (SSSR count). The van der Waals surface area contributed by atoms with Crippen molar-refractivity contribution in [3.8, 4) is 0 Å². The van der Waals surface area contributed by atoms with Gasteiger partial charge in [-0.2, -0.15) is 0 Å². The predicted molar refractivity (Wildman–Crippen MR) is 94.9 cm³/mol. The summed E-state index contributed by atoms with van der Waals surface area (Å²) in [6.07, 6.45) is 1.23. The molecule has 0 saturated carbocycles. The third-order valence-corrected chi connectivity index (χ3v) is 5.11. The molecule has 2 heterocycles. The van der Waals surface area contributed by atoms with Gasteiger partial charge >= 0.3 is 0 Å². The summed E-state index contributed by atoms with van der Waals surface area (Å²) >= 11 is 5.48. The molecule has 1 aromatic carbocycles. The Morgan fingerprint density at radius 3 is 2.19 bits per heavy atom. The number of carbonyl (C=O) groups is 4. The maximum absolute atomic E-state index is 12.8. The van der Waals surface area contributed by atoms with Gasteiger partial charge in [0.2, 0.25) is 11.8 Å². The number of fused-ring (bicyclic) bond motifs is 1. The van der Waals surface area contributed by atoms with E-state index in [1.54, 1.807) is 36.1 Å². The molecule has 1 saturated heterocycles. The second-order valence-corrected chi connectivity index (χ2v) is 6.77. The first-order valence-electron chi connectivity index (χ1n) is 8.55. The van der Waals surface area contributed by atoms with Gasteiger partial charge in [-0.15, -0.1) is 11.6 Å². The zero-order valence-electron chi connectivity index (χ0n) is 14.4. The number of halogens is 1. The normalized spacial score (nSPS) is 18.7. The molecule has 1 unspecified atom stereocenters. The molecule has 1 atom stereocenters. The van der Waals surface area contributed by atoms with Crippen molar-refractivity contribution in [1.82, 2.24) is 15.1 Å². The third kappa shape index (κ3) is 3.31.